The molecule has 0 unspecified atom stereocenters. The van der Waals surface area contributed by atoms with Gasteiger partial charge in [-0.25, -0.2) is 24.1 Å². The van der Waals surface area contributed by atoms with E-state index in [2.05, 4.69) is 30.6 Å². The number of urea groups is 1. The summed E-state index contributed by atoms with van der Waals surface area (Å²) in [6.07, 6.45) is 8.07. The minimum Gasteiger partial charge on any atom is -0.363 e. The first kappa shape index (κ1) is 20.3. The van der Waals surface area contributed by atoms with E-state index in [1.54, 1.807) is 32.6 Å². The number of carbonyl (C=O) groups excluding carboxylic acids is 1. The van der Waals surface area contributed by atoms with E-state index in [1.807, 2.05) is 0 Å². The van der Waals surface area contributed by atoms with Gasteiger partial charge in [-0.1, -0.05) is 24.4 Å². The van der Waals surface area contributed by atoms with E-state index in [0.29, 0.717) is 22.1 Å². The van der Waals surface area contributed by atoms with E-state index in [9.17, 15) is 9.18 Å². The van der Waals surface area contributed by atoms with Crippen molar-refractivity contribution >= 4 is 34.5 Å². The maximum Gasteiger partial charge on any atom is 0.317 e. The van der Waals surface area contributed by atoms with Crippen LogP contribution in [0.15, 0.2) is 24.7 Å². The number of anilines is 1. The molecule has 2 atom stereocenters. The Balaban J connectivity index is 1.61. The molecule has 0 aromatic carbocycles. The third kappa shape index (κ3) is 4.16. The average Bonchev–Trinajstić information content (AvgIpc) is 3.14. The Hall–Kier alpha value is -2.94. The van der Waals surface area contributed by atoms with Crippen molar-refractivity contribution in [1.29, 1.82) is 0 Å². The highest BCUT2D eigenvalue weighted by Crippen LogP contribution is 2.29. The SMILES string of the molecule is CN(C)C(=O)N[C@H]1CCCC[C@H]1Nc1nc(-c2c[nH]c3ncc(Cl)cc23)ncc1F. The van der Waals surface area contributed by atoms with Gasteiger partial charge in [-0.3, -0.25) is 0 Å². The average molecular weight is 432 g/mol. The molecule has 2 amide bonds. The van der Waals surface area contributed by atoms with Crippen LogP contribution in [0.1, 0.15) is 25.7 Å². The summed E-state index contributed by atoms with van der Waals surface area (Å²) >= 11 is 6.07. The van der Waals surface area contributed by atoms with Gasteiger partial charge < -0.3 is 20.5 Å². The lowest BCUT2D eigenvalue weighted by Gasteiger charge is -2.33. The Morgan fingerprint density at radius 1 is 1.23 bits per heavy atom. The number of hydrogen-bond acceptors (Lipinski definition) is 5. The van der Waals surface area contributed by atoms with Crippen LogP contribution in [0.25, 0.3) is 22.4 Å². The number of rotatable bonds is 4. The number of fused-ring (bicyclic) bond motifs is 1. The van der Waals surface area contributed by atoms with Crippen molar-refractivity contribution in [3.05, 3.63) is 35.5 Å². The third-order valence-electron chi connectivity index (χ3n) is 5.29. The maximum absolute atomic E-state index is 14.5. The number of nitrogens with zero attached hydrogens (tertiary/aromatic N) is 4. The van der Waals surface area contributed by atoms with Gasteiger partial charge in [-0.05, 0) is 18.9 Å². The van der Waals surface area contributed by atoms with Crippen LogP contribution in [0.4, 0.5) is 15.0 Å². The molecule has 158 valence electrons. The van der Waals surface area contributed by atoms with E-state index < -0.39 is 5.82 Å². The normalized spacial score (nSPS) is 18.9. The van der Waals surface area contributed by atoms with Gasteiger partial charge in [0.1, 0.15) is 5.65 Å². The van der Waals surface area contributed by atoms with Crippen molar-refractivity contribution in [2.24, 2.45) is 0 Å². The lowest BCUT2D eigenvalue weighted by atomic mass is 9.90. The summed E-state index contributed by atoms with van der Waals surface area (Å²) in [7, 11) is 3.39. The highest BCUT2D eigenvalue weighted by Gasteiger charge is 2.28. The van der Waals surface area contributed by atoms with E-state index in [1.165, 1.54) is 4.90 Å². The first-order valence-electron chi connectivity index (χ1n) is 9.82. The monoisotopic (exact) mass is 431 g/mol. The molecule has 1 fully saturated rings. The summed E-state index contributed by atoms with van der Waals surface area (Å²) in [4.78, 5) is 29.5. The van der Waals surface area contributed by atoms with Crippen molar-refractivity contribution in [3.8, 4) is 11.4 Å². The van der Waals surface area contributed by atoms with Gasteiger partial charge in [0.2, 0.25) is 0 Å². The van der Waals surface area contributed by atoms with Crippen LogP contribution in [-0.2, 0) is 0 Å². The standard InChI is InChI=1S/C20H23ClFN7O/c1-29(2)20(30)27-16-6-4-3-5-15(16)26-19-14(22)10-25-18(28-19)13-9-24-17-12(13)7-11(21)8-23-17/h7-10,15-16H,3-6H2,1-2H3,(H,23,24)(H,27,30)(H,25,26,28)/t15-,16+/m1/s1. The molecule has 1 aliphatic rings. The quantitative estimate of drug-likeness (QED) is 0.583. The first-order valence-corrected chi connectivity index (χ1v) is 10.2. The zero-order valence-corrected chi connectivity index (χ0v) is 17.5. The zero-order valence-electron chi connectivity index (χ0n) is 16.7. The summed E-state index contributed by atoms with van der Waals surface area (Å²) in [5, 5.41) is 7.45. The summed E-state index contributed by atoms with van der Waals surface area (Å²) < 4.78 is 14.5. The lowest BCUT2D eigenvalue weighted by molar-refractivity contribution is 0.207. The Kier molecular flexibility index (Phi) is 5.72. The van der Waals surface area contributed by atoms with E-state index >= 15 is 0 Å². The van der Waals surface area contributed by atoms with E-state index in [0.717, 1.165) is 37.3 Å². The van der Waals surface area contributed by atoms with Crippen LogP contribution < -0.4 is 10.6 Å². The molecule has 0 spiro atoms. The Bertz CT molecular complexity index is 1070. The minimum absolute atomic E-state index is 0.109. The van der Waals surface area contributed by atoms with Gasteiger partial charge in [-0.15, -0.1) is 0 Å². The molecule has 8 nitrogen and oxygen atoms in total. The largest absolute Gasteiger partial charge is 0.363 e. The number of aromatic nitrogens is 4. The third-order valence-corrected chi connectivity index (χ3v) is 5.49. The summed E-state index contributed by atoms with van der Waals surface area (Å²) in [5.74, 6) is -0.0720. The number of H-pyrrole nitrogens is 1. The molecule has 3 aromatic rings. The van der Waals surface area contributed by atoms with Crippen LogP contribution in [0.5, 0.6) is 0 Å². The molecule has 3 N–H and O–H groups in total. The highest BCUT2D eigenvalue weighted by molar-refractivity contribution is 6.31. The molecule has 3 heterocycles. The fourth-order valence-corrected chi connectivity index (χ4v) is 3.86. The first-order chi connectivity index (χ1) is 14.4. The second-order valence-electron chi connectivity index (χ2n) is 7.63. The number of amides is 2. The molecular formula is C20H23ClFN7O. The predicted molar refractivity (Wildman–Crippen MR) is 114 cm³/mol. The van der Waals surface area contributed by atoms with Crippen molar-refractivity contribution in [2.45, 2.75) is 37.8 Å². The van der Waals surface area contributed by atoms with Gasteiger partial charge in [0.25, 0.3) is 0 Å². The predicted octanol–water partition coefficient (Wildman–Crippen LogP) is 3.81. The van der Waals surface area contributed by atoms with Crippen LogP contribution in [0.3, 0.4) is 0 Å². The number of nitrogens with one attached hydrogen (secondary N) is 3. The van der Waals surface area contributed by atoms with E-state index in [4.69, 9.17) is 11.6 Å². The van der Waals surface area contributed by atoms with Gasteiger partial charge in [0.05, 0.1) is 17.3 Å². The second-order valence-corrected chi connectivity index (χ2v) is 8.06. The van der Waals surface area contributed by atoms with E-state index in [-0.39, 0.29) is 23.9 Å². The van der Waals surface area contributed by atoms with Crippen LogP contribution in [0.2, 0.25) is 5.02 Å². The number of halogens is 2. The summed E-state index contributed by atoms with van der Waals surface area (Å²) in [5.41, 5.74) is 1.33. The Morgan fingerprint density at radius 3 is 2.77 bits per heavy atom. The number of aromatic amines is 1. The minimum atomic E-state index is -0.544. The van der Waals surface area contributed by atoms with Crippen LogP contribution in [0, 0.1) is 5.82 Å². The number of carbonyl (C=O) groups is 1. The molecule has 0 aliphatic heterocycles. The zero-order chi connectivity index (χ0) is 21.3. The number of pyridine rings is 1. The molecular weight excluding hydrogens is 409 g/mol. The highest BCUT2D eigenvalue weighted by atomic mass is 35.5. The summed E-state index contributed by atoms with van der Waals surface area (Å²) in [6.45, 7) is 0. The Labute approximate surface area is 178 Å². The molecule has 1 saturated carbocycles. The molecule has 0 bridgehead atoms. The molecule has 10 heteroatoms. The second kappa shape index (κ2) is 8.43. The van der Waals surface area contributed by atoms with Gasteiger partial charge in [0, 0.05) is 43.5 Å². The molecule has 3 aromatic heterocycles. The lowest BCUT2D eigenvalue weighted by Crippen LogP contribution is -2.51. The fraction of sp³-hybridized carbons (Fsp3) is 0.400. The Morgan fingerprint density at radius 2 is 2.00 bits per heavy atom. The van der Waals surface area contributed by atoms with Gasteiger partial charge in [0.15, 0.2) is 17.5 Å². The molecule has 4 rings (SSSR count). The van der Waals surface area contributed by atoms with Crippen molar-refractivity contribution < 1.29 is 9.18 Å². The molecule has 1 aliphatic carbocycles. The van der Waals surface area contributed by atoms with Gasteiger partial charge >= 0.3 is 6.03 Å². The topological polar surface area (TPSA) is 98.8 Å². The fourth-order valence-electron chi connectivity index (χ4n) is 3.70. The van der Waals surface area contributed by atoms with Crippen molar-refractivity contribution in [1.82, 2.24) is 30.2 Å². The van der Waals surface area contributed by atoms with Crippen LogP contribution in [-0.4, -0.2) is 57.0 Å². The van der Waals surface area contributed by atoms with Crippen molar-refractivity contribution in [2.75, 3.05) is 19.4 Å². The molecule has 30 heavy (non-hydrogen) atoms. The van der Waals surface area contributed by atoms with Gasteiger partial charge in [-0.2, -0.15) is 0 Å². The smallest absolute Gasteiger partial charge is 0.317 e. The number of hydrogen-bond donors (Lipinski definition) is 3. The van der Waals surface area contributed by atoms with Crippen molar-refractivity contribution in [3.63, 3.8) is 0 Å². The maximum atomic E-state index is 14.5. The molecule has 0 saturated heterocycles. The summed E-state index contributed by atoms with van der Waals surface area (Å²) in [6, 6.07) is 1.37. The molecule has 0 radical (unpaired) electrons. The van der Waals surface area contributed by atoms with Crippen LogP contribution >= 0.6 is 11.6 Å².